The summed E-state index contributed by atoms with van der Waals surface area (Å²) in [5, 5.41) is 6.84. The van der Waals surface area contributed by atoms with Crippen molar-refractivity contribution in [1.82, 2.24) is 20.1 Å². The molecule has 0 unspecified atom stereocenters. The van der Waals surface area contributed by atoms with Gasteiger partial charge in [-0.1, -0.05) is 5.16 Å². The van der Waals surface area contributed by atoms with Crippen LogP contribution in [0.3, 0.4) is 0 Å². The molecule has 0 radical (unpaired) electrons. The number of ether oxygens (including phenoxy) is 1. The van der Waals surface area contributed by atoms with Crippen molar-refractivity contribution in [3.63, 3.8) is 0 Å². The van der Waals surface area contributed by atoms with E-state index in [1.54, 1.807) is 13.0 Å². The van der Waals surface area contributed by atoms with Crippen LogP contribution in [0, 0.1) is 6.92 Å². The lowest BCUT2D eigenvalue weighted by atomic mass is 10.4. The Kier molecular flexibility index (Phi) is 4.24. The summed E-state index contributed by atoms with van der Waals surface area (Å²) in [5.74, 6) is 2.60. The van der Waals surface area contributed by atoms with Crippen LogP contribution in [0.25, 0.3) is 0 Å². The van der Waals surface area contributed by atoms with Crippen LogP contribution in [-0.2, 0) is 17.9 Å². The van der Waals surface area contributed by atoms with E-state index in [9.17, 15) is 0 Å². The minimum Gasteiger partial charge on any atom is -0.384 e. The molecule has 2 heterocycles. The van der Waals surface area contributed by atoms with E-state index in [1.165, 1.54) is 0 Å². The SMILES string of the molecule is CCOCc1nc(N)cc(NCc2noc(C)n2)n1. The molecule has 0 saturated carbocycles. The van der Waals surface area contributed by atoms with Crippen LogP contribution >= 0.6 is 0 Å². The monoisotopic (exact) mass is 264 g/mol. The van der Waals surface area contributed by atoms with Gasteiger partial charge in [-0.15, -0.1) is 0 Å². The van der Waals surface area contributed by atoms with E-state index in [4.69, 9.17) is 15.0 Å². The average molecular weight is 264 g/mol. The maximum absolute atomic E-state index is 5.71. The van der Waals surface area contributed by atoms with Gasteiger partial charge in [0, 0.05) is 19.6 Å². The molecule has 0 atom stereocenters. The molecule has 0 aromatic carbocycles. The maximum Gasteiger partial charge on any atom is 0.223 e. The Morgan fingerprint density at radius 3 is 2.84 bits per heavy atom. The fraction of sp³-hybridized carbons (Fsp3) is 0.455. The first kappa shape index (κ1) is 13.2. The molecule has 3 N–H and O–H groups in total. The topological polar surface area (TPSA) is 112 Å². The lowest BCUT2D eigenvalue weighted by Gasteiger charge is -2.06. The Morgan fingerprint density at radius 1 is 1.32 bits per heavy atom. The highest BCUT2D eigenvalue weighted by Crippen LogP contribution is 2.10. The zero-order valence-corrected chi connectivity index (χ0v) is 10.9. The Morgan fingerprint density at radius 2 is 2.16 bits per heavy atom. The molecule has 8 nitrogen and oxygen atoms in total. The third kappa shape index (κ3) is 3.88. The second-order valence-corrected chi connectivity index (χ2v) is 3.81. The molecule has 0 bridgehead atoms. The van der Waals surface area contributed by atoms with Gasteiger partial charge in [-0.05, 0) is 6.92 Å². The molecular weight excluding hydrogens is 248 g/mol. The lowest BCUT2D eigenvalue weighted by Crippen LogP contribution is -2.08. The number of aromatic nitrogens is 4. The Bertz CT molecular complexity index is 542. The van der Waals surface area contributed by atoms with E-state index >= 15 is 0 Å². The minimum atomic E-state index is 0.331. The van der Waals surface area contributed by atoms with Crippen LogP contribution in [0.2, 0.25) is 0 Å². The number of nitrogen functional groups attached to an aromatic ring is 1. The van der Waals surface area contributed by atoms with Crippen molar-refractivity contribution in [3.8, 4) is 0 Å². The average Bonchev–Trinajstić information content (AvgIpc) is 2.79. The molecular formula is C11H16N6O2. The zero-order chi connectivity index (χ0) is 13.7. The second kappa shape index (κ2) is 6.10. The summed E-state index contributed by atoms with van der Waals surface area (Å²) in [5.41, 5.74) is 5.71. The fourth-order valence-electron chi connectivity index (χ4n) is 1.45. The van der Waals surface area contributed by atoms with Crippen molar-refractivity contribution < 1.29 is 9.26 Å². The second-order valence-electron chi connectivity index (χ2n) is 3.81. The molecule has 0 fully saturated rings. The smallest absolute Gasteiger partial charge is 0.223 e. The quantitative estimate of drug-likeness (QED) is 0.791. The van der Waals surface area contributed by atoms with E-state index in [0.29, 0.717) is 48.9 Å². The molecule has 0 aliphatic heterocycles. The number of hydrogen-bond acceptors (Lipinski definition) is 8. The van der Waals surface area contributed by atoms with Crippen molar-refractivity contribution in [2.75, 3.05) is 17.7 Å². The molecule has 0 aliphatic carbocycles. The van der Waals surface area contributed by atoms with E-state index in [2.05, 4.69) is 25.4 Å². The molecule has 19 heavy (non-hydrogen) atoms. The van der Waals surface area contributed by atoms with Crippen molar-refractivity contribution in [2.24, 2.45) is 0 Å². The molecule has 8 heteroatoms. The first-order chi connectivity index (χ1) is 9.17. The number of aryl methyl sites for hydroxylation is 1. The van der Waals surface area contributed by atoms with Crippen LogP contribution in [0.4, 0.5) is 11.6 Å². The van der Waals surface area contributed by atoms with Gasteiger partial charge in [0.05, 0.1) is 6.54 Å². The molecule has 2 aromatic heterocycles. The van der Waals surface area contributed by atoms with E-state index in [-0.39, 0.29) is 0 Å². The number of nitrogens with two attached hydrogens (primary N) is 1. The minimum absolute atomic E-state index is 0.331. The largest absolute Gasteiger partial charge is 0.384 e. The summed E-state index contributed by atoms with van der Waals surface area (Å²) < 4.78 is 10.1. The van der Waals surface area contributed by atoms with Gasteiger partial charge in [0.2, 0.25) is 5.89 Å². The number of anilines is 2. The maximum atomic E-state index is 5.71. The molecule has 0 spiro atoms. The van der Waals surface area contributed by atoms with Crippen LogP contribution in [0.1, 0.15) is 24.5 Å². The van der Waals surface area contributed by atoms with E-state index < -0.39 is 0 Å². The first-order valence-electron chi connectivity index (χ1n) is 5.91. The third-order valence-electron chi connectivity index (χ3n) is 2.22. The molecule has 2 rings (SSSR count). The number of hydrogen-bond donors (Lipinski definition) is 2. The highest BCUT2D eigenvalue weighted by molar-refractivity contribution is 5.44. The highest BCUT2D eigenvalue weighted by atomic mass is 16.5. The van der Waals surface area contributed by atoms with Crippen molar-refractivity contribution >= 4 is 11.6 Å². The number of nitrogens with zero attached hydrogens (tertiary/aromatic N) is 4. The Hall–Kier alpha value is -2.22. The van der Waals surface area contributed by atoms with Crippen LogP contribution in [0.15, 0.2) is 10.6 Å². The fourth-order valence-corrected chi connectivity index (χ4v) is 1.45. The highest BCUT2D eigenvalue weighted by Gasteiger charge is 2.05. The summed E-state index contributed by atoms with van der Waals surface area (Å²) in [6.45, 7) is 4.98. The zero-order valence-electron chi connectivity index (χ0n) is 10.9. The summed E-state index contributed by atoms with van der Waals surface area (Å²) in [6, 6.07) is 1.64. The molecule has 0 amide bonds. The normalized spacial score (nSPS) is 10.6. The summed E-state index contributed by atoms with van der Waals surface area (Å²) in [6.07, 6.45) is 0. The molecule has 102 valence electrons. The van der Waals surface area contributed by atoms with Crippen LogP contribution in [0.5, 0.6) is 0 Å². The first-order valence-corrected chi connectivity index (χ1v) is 5.91. The number of rotatable bonds is 6. The van der Waals surface area contributed by atoms with Crippen molar-refractivity contribution in [2.45, 2.75) is 27.0 Å². The van der Waals surface area contributed by atoms with Crippen LogP contribution < -0.4 is 11.1 Å². The summed E-state index contributed by atoms with van der Waals surface area (Å²) in [4.78, 5) is 12.4. The van der Waals surface area contributed by atoms with E-state index in [1.807, 2.05) is 6.92 Å². The van der Waals surface area contributed by atoms with Gasteiger partial charge in [-0.2, -0.15) is 4.98 Å². The lowest BCUT2D eigenvalue weighted by molar-refractivity contribution is 0.128. The van der Waals surface area contributed by atoms with Gasteiger partial charge in [-0.25, -0.2) is 9.97 Å². The van der Waals surface area contributed by atoms with Gasteiger partial charge >= 0.3 is 0 Å². The van der Waals surface area contributed by atoms with Gasteiger partial charge in [0.15, 0.2) is 11.6 Å². The van der Waals surface area contributed by atoms with Gasteiger partial charge in [0.1, 0.15) is 18.2 Å². The molecule has 0 aliphatic rings. The molecule has 2 aromatic rings. The summed E-state index contributed by atoms with van der Waals surface area (Å²) >= 11 is 0. The Labute approximate surface area is 110 Å². The summed E-state index contributed by atoms with van der Waals surface area (Å²) in [7, 11) is 0. The number of nitrogens with one attached hydrogen (secondary N) is 1. The van der Waals surface area contributed by atoms with Crippen molar-refractivity contribution in [3.05, 3.63) is 23.6 Å². The molecule has 0 saturated heterocycles. The predicted octanol–water partition coefficient (Wildman–Crippen LogP) is 0.899. The predicted molar refractivity (Wildman–Crippen MR) is 68.1 cm³/mol. The van der Waals surface area contributed by atoms with Gasteiger partial charge in [0.25, 0.3) is 0 Å². The third-order valence-corrected chi connectivity index (χ3v) is 2.22. The van der Waals surface area contributed by atoms with E-state index in [0.717, 1.165) is 0 Å². The van der Waals surface area contributed by atoms with Gasteiger partial charge in [-0.3, -0.25) is 0 Å². The van der Waals surface area contributed by atoms with Gasteiger partial charge < -0.3 is 20.3 Å². The van der Waals surface area contributed by atoms with Crippen LogP contribution in [-0.4, -0.2) is 26.7 Å². The standard InChI is InChI=1S/C11H16N6O2/c1-3-18-6-11-15-8(12)4-9(16-11)13-5-10-14-7(2)19-17-10/h4H,3,5-6H2,1-2H3,(H3,12,13,15,16). The Balaban J connectivity index is 2.01. The van der Waals surface area contributed by atoms with Crippen molar-refractivity contribution in [1.29, 1.82) is 0 Å².